The van der Waals surface area contributed by atoms with Crippen LogP contribution in [0.15, 0.2) is 57.9 Å². The Bertz CT molecular complexity index is 768. The third-order valence-electron chi connectivity index (χ3n) is 3.93. The zero-order chi connectivity index (χ0) is 19.1. The lowest BCUT2D eigenvalue weighted by Gasteiger charge is -2.23. The van der Waals surface area contributed by atoms with Crippen molar-refractivity contribution in [3.63, 3.8) is 0 Å². The minimum Gasteiger partial charge on any atom is -0.325 e. The highest BCUT2D eigenvalue weighted by molar-refractivity contribution is 9.10. The normalized spacial score (nSPS) is 11.9. The maximum absolute atomic E-state index is 12.4. The monoisotopic (exact) mass is 435 g/mol. The van der Waals surface area contributed by atoms with E-state index in [0.717, 1.165) is 20.7 Å². The summed E-state index contributed by atoms with van der Waals surface area (Å²) in [7, 11) is 1.76. The minimum atomic E-state index is -0.444. The number of benzene rings is 2. The molecule has 0 saturated carbocycles. The quantitative estimate of drug-likeness (QED) is 0.643. The van der Waals surface area contributed by atoms with Gasteiger partial charge in [-0.15, -0.1) is 11.8 Å². The Hall–Kier alpha value is -1.83. The van der Waals surface area contributed by atoms with Gasteiger partial charge in [-0.2, -0.15) is 0 Å². The van der Waals surface area contributed by atoms with Crippen molar-refractivity contribution in [2.45, 2.75) is 17.9 Å². The van der Waals surface area contributed by atoms with Crippen LogP contribution in [0.3, 0.4) is 0 Å². The van der Waals surface area contributed by atoms with Crippen molar-refractivity contribution in [1.29, 1.82) is 0 Å². The molecule has 2 N–H and O–H groups in total. The van der Waals surface area contributed by atoms with E-state index >= 15 is 0 Å². The molecule has 26 heavy (non-hydrogen) atoms. The van der Waals surface area contributed by atoms with Gasteiger partial charge >= 0.3 is 0 Å². The zero-order valence-electron chi connectivity index (χ0n) is 15.0. The Kier molecular flexibility index (Phi) is 7.68. The maximum atomic E-state index is 12.4. The molecule has 2 aromatic carbocycles. The first-order valence-corrected chi connectivity index (χ1v) is 10.1. The molecule has 0 bridgehead atoms. The molecule has 5 nitrogen and oxygen atoms in total. The molecule has 0 aromatic heterocycles. The lowest BCUT2D eigenvalue weighted by atomic mass is 10.2. The lowest BCUT2D eigenvalue weighted by molar-refractivity contribution is -0.122. The number of anilines is 2. The van der Waals surface area contributed by atoms with Crippen LogP contribution in [0.1, 0.15) is 6.92 Å². The summed E-state index contributed by atoms with van der Waals surface area (Å²) in [5, 5.41) is 5.76. The maximum Gasteiger partial charge on any atom is 0.241 e. The third-order valence-corrected chi connectivity index (χ3v) is 5.25. The highest BCUT2D eigenvalue weighted by atomic mass is 79.9. The van der Waals surface area contributed by atoms with E-state index in [1.807, 2.05) is 54.8 Å². The van der Waals surface area contributed by atoms with Crippen LogP contribution >= 0.6 is 27.7 Å². The number of carbonyl (C=O) groups is 2. The molecule has 2 rings (SSSR count). The van der Waals surface area contributed by atoms with E-state index in [0.29, 0.717) is 0 Å². The summed E-state index contributed by atoms with van der Waals surface area (Å²) in [6.45, 7) is 1.90. The minimum absolute atomic E-state index is 0.123. The Morgan fingerprint density at radius 3 is 2.42 bits per heavy atom. The molecule has 2 aromatic rings. The predicted molar refractivity (Wildman–Crippen MR) is 112 cm³/mol. The third kappa shape index (κ3) is 5.86. The van der Waals surface area contributed by atoms with Gasteiger partial charge in [0.25, 0.3) is 0 Å². The fourth-order valence-electron chi connectivity index (χ4n) is 2.28. The highest BCUT2D eigenvalue weighted by Crippen LogP contribution is 2.24. The van der Waals surface area contributed by atoms with Crippen LogP contribution in [0, 0.1) is 0 Å². The lowest BCUT2D eigenvalue weighted by Crippen LogP contribution is -2.43. The average Bonchev–Trinajstić information content (AvgIpc) is 2.63. The molecule has 0 aliphatic heterocycles. The van der Waals surface area contributed by atoms with Crippen molar-refractivity contribution < 1.29 is 9.59 Å². The first kappa shape index (κ1) is 20.5. The van der Waals surface area contributed by atoms with Crippen LogP contribution < -0.4 is 10.6 Å². The van der Waals surface area contributed by atoms with Gasteiger partial charge in [0, 0.05) is 15.1 Å². The van der Waals surface area contributed by atoms with E-state index in [2.05, 4.69) is 26.6 Å². The summed E-state index contributed by atoms with van der Waals surface area (Å²) in [5.41, 5.74) is 1.50. The van der Waals surface area contributed by atoms with Crippen molar-refractivity contribution in [2.75, 3.05) is 30.5 Å². The van der Waals surface area contributed by atoms with Gasteiger partial charge in [0.05, 0.1) is 18.3 Å². The number of para-hydroxylation sites is 1. The molecule has 0 aliphatic carbocycles. The van der Waals surface area contributed by atoms with E-state index < -0.39 is 6.04 Å². The number of hydrogen-bond acceptors (Lipinski definition) is 4. The first-order valence-electron chi connectivity index (χ1n) is 8.10. The molecule has 0 radical (unpaired) electrons. The van der Waals surface area contributed by atoms with E-state index in [9.17, 15) is 9.59 Å². The van der Waals surface area contributed by atoms with Gasteiger partial charge < -0.3 is 10.6 Å². The van der Waals surface area contributed by atoms with Crippen LogP contribution in [0.2, 0.25) is 0 Å². The second kappa shape index (κ2) is 9.75. The smallest absolute Gasteiger partial charge is 0.241 e. The number of amides is 2. The molecular weight excluding hydrogens is 414 g/mol. The van der Waals surface area contributed by atoms with E-state index in [-0.39, 0.29) is 18.4 Å². The summed E-state index contributed by atoms with van der Waals surface area (Å²) >= 11 is 4.94. The molecule has 0 spiro atoms. The summed E-state index contributed by atoms with van der Waals surface area (Å²) in [4.78, 5) is 27.4. The van der Waals surface area contributed by atoms with Gasteiger partial charge in [-0.05, 0) is 56.6 Å². The number of hydrogen-bond donors (Lipinski definition) is 2. The first-order chi connectivity index (χ1) is 12.4. The number of nitrogens with one attached hydrogen (secondary N) is 2. The molecule has 0 aliphatic rings. The topological polar surface area (TPSA) is 61.4 Å². The number of thioether (sulfide) groups is 1. The fraction of sp³-hybridized carbons (Fsp3) is 0.263. The van der Waals surface area contributed by atoms with Gasteiger partial charge in [-0.25, -0.2) is 0 Å². The van der Waals surface area contributed by atoms with Crippen molar-refractivity contribution in [3.8, 4) is 0 Å². The predicted octanol–water partition coefficient (Wildman–Crippen LogP) is 4.07. The van der Waals surface area contributed by atoms with Gasteiger partial charge in [-0.3, -0.25) is 14.5 Å². The molecule has 0 heterocycles. The van der Waals surface area contributed by atoms with Gasteiger partial charge in [0.15, 0.2) is 0 Å². The number of carbonyl (C=O) groups excluding carboxylic acids is 2. The van der Waals surface area contributed by atoms with Gasteiger partial charge in [0.1, 0.15) is 0 Å². The second-order valence-electron chi connectivity index (χ2n) is 5.84. The zero-order valence-corrected chi connectivity index (χ0v) is 17.4. The summed E-state index contributed by atoms with van der Waals surface area (Å²) in [6.07, 6.45) is 1.96. The highest BCUT2D eigenvalue weighted by Gasteiger charge is 2.20. The Morgan fingerprint density at radius 1 is 1.12 bits per heavy atom. The van der Waals surface area contributed by atoms with Crippen molar-refractivity contribution in [2.24, 2.45) is 0 Å². The molecule has 2 amide bonds. The van der Waals surface area contributed by atoms with Crippen LogP contribution in [0.5, 0.6) is 0 Å². The summed E-state index contributed by atoms with van der Waals surface area (Å²) < 4.78 is 0.947. The Morgan fingerprint density at radius 2 is 1.77 bits per heavy atom. The summed E-state index contributed by atoms with van der Waals surface area (Å²) in [5.74, 6) is -0.315. The number of likely N-dealkylation sites (N-methyl/N-ethyl adjacent to an activating group) is 1. The van der Waals surface area contributed by atoms with Crippen LogP contribution in [-0.4, -0.2) is 42.6 Å². The largest absolute Gasteiger partial charge is 0.325 e. The van der Waals surface area contributed by atoms with Gasteiger partial charge in [-0.1, -0.05) is 28.1 Å². The second-order valence-corrected chi connectivity index (χ2v) is 7.60. The van der Waals surface area contributed by atoms with E-state index in [1.165, 1.54) is 0 Å². The SMILES string of the molecule is CSc1ccccc1NC(=O)CN(C)C(C)C(=O)Nc1ccc(Br)cc1. The fourth-order valence-corrected chi connectivity index (χ4v) is 3.10. The van der Waals surface area contributed by atoms with E-state index in [1.54, 1.807) is 30.6 Å². The van der Waals surface area contributed by atoms with Crippen molar-refractivity contribution in [3.05, 3.63) is 53.0 Å². The number of rotatable bonds is 7. The molecular formula is C19H22BrN3O2S. The standard InChI is InChI=1S/C19H22BrN3O2S/c1-13(19(25)21-15-10-8-14(20)9-11-15)23(2)12-18(24)22-16-6-4-5-7-17(16)26-3/h4-11,13H,12H2,1-3H3,(H,21,25)(H,22,24). The van der Waals surface area contributed by atoms with Gasteiger partial charge in [0.2, 0.25) is 11.8 Å². The Balaban J connectivity index is 1.90. The van der Waals surface area contributed by atoms with Crippen LogP contribution in [0.25, 0.3) is 0 Å². The molecule has 138 valence electrons. The number of nitrogens with zero attached hydrogens (tertiary/aromatic N) is 1. The van der Waals surface area contributed by atoms with Crippen LogP contribution in [-0.2, 0) is 9.59 Å². The molecule has 0 fully saturated rings. The Labute approximate surface area is 166 Å². The average molecular weight is 436 g/mol. The molecule has 7 heteroatoms. The van der Waals surface area contributed by atoms with E-state index in [4.69, 9.17) is 0 Å². The molecule has 1 unspecified atom stereocenters. The summed E-state index contributed by atoms with van der Waals surface area (Å²) in [6, 6.07) is 14.6. The van der Waals surface area contributed by atoms with Crippen molar-refractivity contribution >= 4 is 50.9 Å². The molecule has 0 saturated heterocycles. The van der Waals surface area contributed by atoms with Crippen molar-refractivity contribution in [1.82, 2.24) is 4.90 Å². The molecule has 1 atom stereocenters. The number of halogens is 1. The van der Waals surface area contributed by atoms with Crippen LogP contribution in [0.4, 0.5) is 11.4 Å².